The number of rotatable bonds is 8. The maximum Gasteiger partial charge on any atom is 0.134 e. The van der Waals surface area contributed by atoms with E-state index in [9.17, 15) is 0 Å². The molecule has 21 heavy (non-hydrogen) atoms. The van der Waals surface area contributed by atoms with Crippen molar-refractivity contribution in [2.75, 3.05) is 13.7 Å². The zero-order valence-corrected chi connectivity index (χ0v) is 14.6. The van der Waals surface area contributed by atoms with Gasteiger partial charge in [0, 0.05) is 11.9 Å². The normalized spacial score (nSPS) is 10.6. The highest BCUT2D eigenvalue weighted by atomic mass is 79.9. The molecule has 1 heterocycles. The van der Waals surface area contributed by atoms with Crippen LogP contribution < -0.4 is 14.8 Å². The number of benzene rings is 1. The van der Waals surface area contributed by atoms with Crippen molar-refractivity contribution < 1.29 is 9.47 Å². The number of nitrogens with one attached hydrogen (secondary N) is 1. The van der Waals surface area contributed by atoms with Crippen molar-refractivity contribution in [1.82, 2.24) is 10.3 Å². The summed E-state index contributed by atoms with van der Waals surface area (Å²) in [5.41, 5.74) is 0.955. The summed E-state index contributed by atoms with van der Waals surface area (Å²) in [4.78, 5) is 4.55. The summed E-state index contributed by atoms with van der Waals surface area (Å²) in [5, 5.41) is 6.48. The molecule has 1 aromatic carbocycles. The number of thiazole rings is 1. The van der Waals surface area contributed by atoms with E-state index in [1.54, 1.807) is 18.4 Å². The van der Waals surface area contributed by atoms with E-state index in [4.69, 9.17) is 9.47 Å². The molecule has 2 aromatic rings. The predicted molar refractivity (Wildman–Crippen MR) is 89.1 cm³/mol. The predicted octanol–water partition coefficient (Wildman–Crippen LogP) is 3.99. The van der Waals surface area contributed by atoms with Crippen molar-refractivity contribution in [3.05, 3.63) is 38.8 Å². The molecule has 2 rings (SSSR count). The monoisotopic (exact) mass is 370 g/mol. The molecular formula is C15H19BrN2O2S. The van der Waals surface area contributed by atoms with E-state index in [1.165, 1.54) is 0 Å². The number of halogens is 1. The Balaban J connectivity index is 1.88. The van der Waals surface area contributed by atoms with E-state index < -0.39 is 0 Å². The smallest absolute Gasteiger partial charge is 0.134 e. The summed E-state index contributed by atoms with van der Waals surface area (Å²) in [5.74, 6) is 1.58. The minimum Gasteiger partial charge on any atom is -0.497 e. The van der Waals surface area contributed by atoms with Crippen LogP contribution in [0.5, 0.6) is 11.5 Å². The number of methoxy groups -OCH3 is 1. The summed E-state index contributed by atoms with van der Waals surface area (Å²) < 4.78 is 11.8. The maximum absolute atomic E-state index is 5.78. The quantitative estimate of drug-likeness (QED) is 0.713. The third-order valence-corrected chi connectivity index (χ3v) is 4.33. The first-order valence-corrected chi connectivity index (χ1v) is 8.50. The van der Waals surface area contributed by atoms with Crippen molar-refractivity contribution in [2.45, 2.75) is 26.5 Å². The fraction of sp³-hybridized carbons (Fsp3) is 0.400. The van der Waals surface area contributed by atoms with Crippen LogP contribution in [0.4, 0.5) is 0 Å². The Morgan fingerprint density at radius 2 is 2.24 bits per heavy atom. The van der Waals surface area contributed by atoms with Gasteiger partial charge in [-0.2, -0.15) is 0 Å². The molecule has 0 fully saturated rings. The van der Waals surface area contributed by atoms with Gasteiger partial charge in [-0.15, -0.1) is 11.3 Å². The Morgan fingerprint density at radius 1 is 1.38 bits per heavy atom. The number of nitrogens with zero attached hydrogens (tertiary/aromatic N) is 1. The molecule has 0 atom stereocenters. The van der Waals surface area contributed by atoms with Gasteiger partial charge in [-0.3, -0.25) is 0 Å². The highest BCUT2D eigenvalue weighted by Gasteiger charge is 2.06. The van der Waals surface area contributed by atoms with Gasteiger partial charge in [0.05, 0.1) is 17.3 Å². The SMILES string of the molecule is CCCNCc1nc(COc2ccc(OC)cc2Br)cs1. The lowest BCUT2D eigenvalue weighted by Gasteiger charge is -2.08. The van der Waals surface area contributed by atoms with Crippen molar-refractivity contribution >= 4 is 27.3 Å². The van der Waals surface area contributed by atoms with Crippen LogP contribution in [-0.4, -0.2) is 18.6 Å². The largest absolute Gasteiger partial charge is 0.497 e. The van der Waals surface area contributed by atoms with Gasteiger partial charge in [0.1, 0.15) is 23.1 Å². The van der Waals surface area contributed by atoms with Gasteiger partial charge in [0.2, 0.25) is 0 Å². The van der Waals surface area contributed by atoms with Crippen LogP contribution in [0.1, 0.15) is 24.0 Å². The molecule has 0 bridgehead atoms. The zero-order valence-electron chi connectivity index (χ0n) is 12.2. The van der Waals surface area contributed by atoms with E-state index in [2.05, 4.69) is 33.2 Å². The number of ether oxygens (including phenoxy) is 2. The minimum absolute atomic E-state index is 0.467. The van der Waals surface area contributed by atoms with Crippen LogP contribution in [0.15, 0.2) is 28.1 Å². The topological polar surface area (TPSA) is 43.4 Å². The third kappa shape index (κ3) is 4.98. The van der Waals surface area contributed by atoms with E-state index in [1.807, 2.05) is 23.6 Å². The molecule has 0 saturated heterocycles. The molecule has 114 valence electrons. The van der Waals surface area contributed by atoms with Gasteiger partial charge in [-0.05, 0) is 47.1 Å². The van der Waals surface area contributed by atoms with Gasteiger partial charge in [0.25, 0.3) is 0 Å². The molecule has 4 nitrogen and oxygen atoms in total. The van der Waals surface area contributed by atoms with Crippen LogP contribution in [0.2, 0.25) is 0 Å². The first kappa shape index (κ1) is 16.3. The van der Waals surface area contributed by atoms with Crippen LogP contribution in [0.25, 0.3) is 0 Å². The molecule has 6 heteroatoms. The lowest BCUT2D eigenvalue weighted by Crippen LogP contribution is -2.13. The average molecular weight is 371 g/mol. The van der Waals surface area contributed by atoms with Crippen molar-refractivity contribution in [3.8, 4) is 11.5 Å². The lowest BCUT2D eigenvalue weighted by atomic mass is 10.3. The summed E-state index contributed by atoms with van der Waals surface area (Å²) in [6.07, 6.45) is 1.13. The van der Waals surface area contributed by atoms with Gasteiger partial charge in [0.15, 0.2) is 0 Å². The highest BCUT2D eigenvalue weighted by Crippen LogP contribution is 2.29. The highest BCUT2D eigenvalue weighted by molar-refractivity contribution is 9.10. The van der Waals surface area contributed by atoms with E-state index in [0.717, 1.165) is 46.2 Å². The standard InChI is InChI=1S/C15H19BrN2O2S/c1-3-6-17-8-15-18-11(10-21-15)9-20-14-5-4-12(19-2)7-13(14)16/h4-5,7,10,17H,3,6,8-9H2,1-2H3. The van der Waals surface area contributed by atoms with E-state index in [-0.39, 0.29) is 0 Å². The molecule has 0 radical (unpaired) electrons. The Labute approximate surface area is 137 Å². The second-order valence-electron chi connectivity index (χ2n) is 4.49. The molecule has 0 aliphatic carbocycles. The van der Waals surface area contributed by atoms with Crippen LogP contribution in [-0.2, 0) is 13.2 Å². The Kier molecular flexibility index (Phi) is 6.48. The molecule has 0 aliphatic heterocycles. The summed E-state index contributed by atoms with van der Waals surface area (Å²) in [7, 11) is 1.64. The number of hydrogen-bond acceptors (Lipinski definition) is 5. The van der Waals surface area contributed by atoms with Crippen molar-refractivity contribution in [3.63, 3.8) is 0 Å². The summed E-state index contributed by atoms with van der Waals surface area (Å²) in [6, 6.07) is 5.65. The van der Waals surface area contributed by atoms with E-state index >= 15 is 0 Å². The fourth-order valence-corrected chi connectivity index (χ4v) is 2.97. The van der Waals surface area contributed by atoms with Gasteiger partial charge in [-0.1, -0.05) is 6.92 Å². The second kappa shape index (κ2) is 8.36. The maximum atomic E-state index is 5.78. The number of aromatic nitrogens is 1. The third-order valence-electron chi connectivity index (χ3n) is 2.82. The molecule has 1 N–H and O–H groups in total. The summed E-state index contributed by atoms with van der Waals surface area (Å²) in [6.45, 7) is 4.46. The molecule has 0 spiro atoms. The first-order chi connectivity index (χ1) is 10.2. The molecule has 1 aromatic heterocycles. The van der Waals surface area contributed by atoms with Crippen LogP contribution in [0, 0.1) is 0 Å². The summed E-state index contributed by atoms with van der Waals surface area (Å²) >= 11 is 5.14. The molecule has 0 unspecified atom stereocenters. The molecule has 0 saturated carbocycles. The van der Waals surface area contributed by atoms with Crippen molar-refractivity contribution in [1.29, 1.82) is 0 Å². The zero-order chi connectivity index (χ0) is 15.1. The lowest BCUT2D eigenvalue weighted by molar-refractivity contribution is 0.299. The minimum atomic E-state index is 0.467. The van der Waals surface area contributed by atoms with Gasteiger partial charge >= 0.3 is 0 Å². The number of hydrogen-bond donors (Lipinski definition) is 1. The second-order valence-corrected chi connectivity index (χ2v) is 6.29. The molecular weight excluding hydrogens is 352 g/mol. The molecule has 0 amide bonds. The Hall–Kier alpha value is -1.11. The van der Waals surface area contributed by atoms with E-state index in [0.29, 0.717) is 6.61 Å². The Morgan fingerprint density at radius 3 is 2.95 bits per heavy atom. The Bertz CT molecular complexity index is 575. The average Bonchev–Trinajstić information content (AvgIpc) is 2.94. The van der Waals surface area contributed by atoms with Crippen molar-refractivity contribution in [2.24, 2.45) is 0 Å². The fourth-order valence-electron chi connectivity index (χ4n) is 1.75. The molecule has 0 aliphatic rings. The van der Waals surface area contributed by atoms with Gasteiger partial charge < -0.3 is 14.8 Å². The van der Waals surface area contributed by atoms with Crippen LogP contribution in [0.3, 0.4) is 0 Å². The first-order valence-electron chi connectivity index (χ1n) is 6.83. The van der Waals surface area contributed by atoms with Crippen LogP contribution >= 0.6 is 27.3 Å². The van der Waals surface area contributed by atoms with Gasteiger partial charge in [-0.25, -0.2) is 4.98 Å².